The van der Waals surface area contributed by atoms with Crippen LogP contribution in [0.25, 0.3) is 0 Å². The molecule has 1 N–H and O–H groups in total. The van der Waals surface area contributed by atoms with Crippen LogP contribution in [0.1, 0.15) is 38.3 Å². The van der Waals surface area contributed by atoms with Gasteiger partial charge in [0.2, 0.25) is 11.8 Å². The van der Waals surface area contributed by atoms with Crippen LogP contribution in [0.15, 0.2) is 83.8 Å². The number of aryl methyl sites for hydroxylation is 1. The van der Waals surface area contributed by atoms with E-state index in [0.717, 1.165) is 21.9 Å². The normalized spacial score (nSPS) is 12.9. The molecule has 202 valence electrons. The van der Waals surface area contributed by atoms with E-state index >= 15 is 0 Å². The number of hydrogen-bond donors (Lipinski definition) is 1. The van der Waals surface area contributed by atoms with E-state index < -0.39 is 28.5 Å². The molecule has 0 spiro atoms. The Morgan fingerprint density at radius 2 is 1.55 bits per heavy atom. The van der Waals surface area contributed by atoms with Gasteiger partial charge in [-0.1, -0.05) is 73.1 Å². The minimum absolute atomic E-state index is 0.0432. The molecule has 38 heavy (non-hydrogen) atoms. The fraction of sp³-hybridized carbons (Fsp3) is 0.310. The molecule has 0 unspecified atom stereocenters. The first-order valence-corrected chi connectivity index (χ1v) is 14.3. The average molecular weight is 556 g/mol. The van der Waals surface area contributed by atoms with Gasteiger partial charge in [-0.05, 0) is 62.6 Å². The van der Waals surface area contributed by atoms with Crippen molar-refractivity contribution in [1.82, 2.24) is 10.2 Å². The van der Waals surface area contributed by atoms with Crippen LogP contribution in [-0.2, 0) is 26.2 Å². The summed E-state index contributed by atoms with van der Waals surface area (Å²) in [7, 11) is -4.13. The first kappa shape index (κ1) is 29.2. The Hall–Kier alpha value is -3.36. The Morgan fingerprint density at radius 1 is 0.947 bits per heavy atom. The number of carbonyl (C=O) groups excluding carboxylic acids is 2. The molecule has 3 rings (SSSR count). The molecule has 9 heteroatoms. The van der Waals surface area contributed by atoms with Crippen molar-refractivity contribution in [3.8, 4) is 0 Å². The third-order valence-electron chi connectivity index (χ3n) is 6.42. The Morgan fingerprint density at radius 3 is 2.13 bits per heavy atom. The molecule has 0 aliphatic heterocycles. The molecule has 3 aromatic rings. The summed E-state index contributed by atoms with van der Waals surface area (Å²) in [5.74, 6) is -0.823. The first-order valence-electron chi connectivity index (χ1n) is 12.5. The minimum Gasteiger partial charge on any atom is -0.352 e. The van der Waals surface area contributed by atoms with Gasteiger partial charge in [-0.15, -0.1) is 0 Å². The van der Waals surface area contributed by atoms with Crippen molar-refractivity contribution in [1.29, 1.82) is 0 Å². The van der Waals surface area contributed by atoms with E-state index in [1.807, 2.05) is 51.1 Å². The maximum absolute atomic E-state index is 13.9. The summed E-state index contributed by atoms with van der Waals surface area (Å²) < 4.78 is 28.6. The van der Waals surface area contributed by atoms with Crippen LogP contribution >= 0.6 is 11.6 Å². The van der Waals surface area contributed by atoms with Crippen LogP contribution in [0.5, 0.6) is 0 Å². The van der Waals surface area contributed by atoms with Crippen molar-refractivity contribution in [2.75, 3.05) is 10.8 Å². The summed E-state index contributed by atoms with van der Waals surface area (Å²) in [5.41, 5.74) is 1.86. The van der Waals surface area contributed by atoms with Crippen molar-refractivity contribution in [3.63, 3.8) is 0 Å². The van der Waals surface area contributed by atoms with Gasteiger partial charge in [-0.25, -0.2) is 8.42 Å². The fourth-order valence-corrected chi connectivity index (χ4v) is 5.42. The zero-order valence-corrected chi connectivity index (χ0v) is 23.7. The molecule has 0 aromatic heterocycles. The number of anilines is 1. The highest BCUT2D eigenvalue weighted by molar-refractivity contribution is 7.92. The number of nitrogens with one attached hydrogen (secondary N) is 1. The van der Waals surface area contributed by atoms with Gasteiger partial charge in [-0.2, -0.15) is 0 Å². The first-order chi connectivity index (χ1) is 18.0. The van der Waals surface area contributed by atoms with Crippen LogP contribution in [0, 0.1) is 6.92 Å². The summed E-state index contributed by atoms with van der Waals surface area (Å²) in [6, 6.07) is 21.2. The molecular formula is C29H34ClN3O4S. The number of benzene rings is 3. The van der Waals surface area contributed by atoms with Crippen LogP contribution in [-0.4, -0.2) is 43.8 Å². The largest absolute Gasteiger partial charge is 0.352 e. The molecule has 0 saturated carbocycles. The molecule has 0 radical (unpaired) electrons. The van der Waals surface area contributed by atoms with Crippen molar-refractivity contribution in [3.05, 3.63) is 95.0 Å². The molecule has 2 atom stereocenters. The molecule has 0 fully saturated rings. The predicted molar refractivity (Wildman–Crippen MR) is 152 cm³/mol. The van der Waals surface area contributed by atoms with E-state index in [-0.39, 0.29) is 29.1 Å². The summed E-state index contributed by atoms with van der Waals surface area (Å²) in [5, 5.41) is 3.30. The lowest BCUT2D eigenvalue weighted by molar-refractivity contribution is -0.139. The number of nitrogens with zero attached hydrogens (tertiary/aromatic N) is 2. The van der Waals surface area contributed by atoms with Crippen molar-refractivity contribution < 1.29 is 18.0 Å². The number of carbonyl (C=O) groups is 2. The third kappa shape index (κ3) is 7.14. The van der Waals surface area contributed by atoms with Crippen LogP contribution in [0.4, 0.5) is 5.69 Å². The quantitative estimate of drug-likeness (QED) is 0.353. The van der Waals surface area contributed by atoms with Crippen LogP contribution < -0.4 is 9.62 Å². The predicted octanol–water partition coefficient (Wildman–Crippen LogP) is 5.18. The van der Waals surface area contributed by atoms with Gasteiger partial charge in [-0.3, -0.25) is 13.9 Å². The summed E-state index contributed by atoms with van der Waals surface area (Å²) in [4.78, 5) is 28.4. The molecular weight excluding hydrogens is 522 g/mol. The van der Waals surface area contributed by atoms with E-state index in [2.05, 4.69) is 5.32 Å². The lowest BCUT2D eigenvalue weighted by Gasteiger charge is -2.32. The molecule has 7 nitrogen and oxygen atoms in total. The van der Waals surface area contributed by atoms with Gasteiger partial charge in [0.05, 0.1) is 10.6 Å². The highest BCUT2D eigenvalue weighted by Crippen LogP contribution is 2.28. The Labute approximate surface area is 230 Å². The summed E-state index contributed by atoms with van der Waals surface area (Å²) >= 11 is 6.34. The van der Waals surface area contributed by atoms with Gasteiger partial charge >= 0.3 is 0 Å². The lowest BCUT2D eigenvalue weighted by atomic mass is 10.1. The molecule has 0 aliphatic rings. The number of halogens is 1. The monoisotopic (exact) mass is 555 g/mol. The number of sulfonamides is 1. The van der Waals surface area contributed by atoms with Gasteiger partial charge in [0, 0.05) is 17.6 Å². The van der Waals surface area contributed by atoms with E-state index in [1.54, 1.807) is 37.3 Å². The Kier molecular flexibility index (Phi) is 9.94. The maximum atomic E-state index is 13.9. The molecule has 0 heterocycles. The smallest absolute Gasteiger partial charge is 0.264 e. The third-order valence-corrected chi connectivity index (χ3v) is 8.61. The van der Waals surface area contributed by atoms with Gasteiger partial charge in [0.1, 0.15) is 12.6 Å². The van der Waals surface area contributed by atoms with E-state index in [4.69, 9.17) is 11.6 Å². The molecule has 0 bridgehead atoms. The van der Waals surface area contributed by atoms with Crippen LogP contribution in [0.2, 0.25) is 5.02 Å². The highest BCUT2D eigenvalue weighted by atomic mass is 35.5. The fourth-order valence-electron chi connectivity index (χ4n) is 3.81. The van der Waals surface area contributed by atoms with E-state index in [1.165, 1.54) is 23.1 Å². The van der Waals surface area contributed by atoms with Crippen LogP contribution in [0.3, 0.4) is 0 Å². The molecule has 2 amide bonds. The number of rotatable bonds is 11. The Bertz CT molecular complexity index is 1350. The maximum Gasteiger partial charge on any atom is 0.264 e. The van der Waals surface area contributed by atoms with Crippen molar-refractivity contribution in [2.45, 2.75) is 57.6 Å². The SMILES string of the molecule is CC[C@H](C)NC(=O)[C@@H](C)N(Cc1ccccc1)C(=O)CN(c1ccc(C)c(Cl)c1)S(=O)(=O)c1ccccc1. The molecule has 0 saturated heterocycles. The number of hydrogen-bond acceptors (Lipinski definition) is 4. The second-order valence-electron chi connectivity index (χ2n) is 9.26. The van der Waals surface area contributed by atoms with E-state index in [9.17, 15) is 18.0 Å². The lowest BCUT2D eigenvalue weighted by Crippen LogP contribution is -2.52. The average Bonchev–Trinajstić information content (AvgIpc) is 2.92. The van der Waals surface area contributed by atoms with Gasteiger partial charge in [0.15, 0.2) is 0 Å². The van der Waals surface area contributed by atoms with E-state index in [0.29, 0.717) is 5.02 Å². The minimum atomic E-state index is -4.13. The zero-order valence-electron chi connectivity index (χ0n) is 22.1. The molecule has 0 aliphatic carbocycles. The molecule has 3 aromatic carbocycles. The summed E-state index contributed by atoms with van der Waals surface area (Å²) in [6.07, 6.45) is 0.738. The second kappa shape index (κ2) is 12.9. The van der Waals surface area contributed by atoms with Crippen molar-refractivity contribution in [2.24, 2.45) is 0 Å². The van der Waals surface area contributed by atoms with Gasteiger partial charge in [0.25, 0.3) is 10.0 Å². The number of amides is 2. The van der Waals surface area contributed by atoms with Gasteiger partial charge < -0.3 is 10.2 Å². The van der Waals surface area contributed by atoms with Crippen molar-refractivity contribution >= 4 is 39.1 Å². The standard InChI is InChI=1S/C29H34ClN3O4S/c1-5-22(3)31-29(35)23(4)32(19-24-12-8-6-9-13-24)28(34)20-33(25-17-16-21(2)27(30)18-25)38(36,37)26-14-10-7-11-15-26/h6-18,22-23H,5,19-20H2,1-4H3,(H,31,35)/t22-,23+/m0/s1. The second-order valence-corrected chi connectivity index (χ2v) is 11.5. The highest BCUT2D eigenvalue weighted by Gasteiger charge is 2.32. The topological polar surface area (TPSA) is 86.8 Å². The summed E-state index contributed by atoms with van der Waals surface area (Å²) in [6.45, 7) is 6.95. The Balaban J connectivity index is 2.02. The zero-order chi connectivity index (χ0) is 27.9.